The highest BCUT2D eigenvalue weighted by Gasteiger charge is 2.47. The lowest BCUT2D eigenvalue weighted by molar-refractivity contribution is -0.145. The standard InChI is InChI=1S/C8H12N2O3.C4H4N2O3/c1-3-8(4-2)5(11)9-7(13)10-6(8)12;7-2-1-3(8)6-4(9)5-2/h3-4H2,1-2H3,(H2,9,10,11,12,13);1H2,(H2,5,6,7,8,9). The van der Waals surface area contributed by atoms with Crippen LogP contribution in [0.2, 0.25) is 0 Å². The molecule has 0 aromatic heterocycles. The number of hydrogen-bond acceptors (Lipinski definition) is 6. The number of carbonyl (C=O) groups excluding carboxylic acids is 6. The molecule has 0 saturated carbocycles. The number of imide groups is 4. The van der Waals surface area contributed by atoms with Gasteiger partial charge in [-0.05, 0) is 12.8 Å². The van der Waals surface area contributed by atoms with Gasteiger partial charge in [-0.15, -0.1) is 0 Å². The summed E-state index contributed by atoms with van der Waals surface area (Å²) in [5.74, 6) is -2.09. The third-order valence-electron chi connectivity index (χ3n) is 3.36. The molecule has 0 radical (unpaired) electrons. The van der Waals surface area contributed by atoms with Gasteiger partial charge < -0.3 is 0 Å². The van der Waals surface area contributed by atoms with E-state index in [2.05, 4.69) is 10.6 Å². The summed E-state index contributed by atoms with van der Waals surface area (Å²) >= 11 is 0. The highest BCUT2D eigenvalue weighted by atomic mass is 16.2. The van der Waals surface area contributed by atoms with Crippen molar-refractivity contribution in [3.05, 3.63) is 0 Å². The molecule has 10 nitrogen and oxygen atoms in total. The van der Waals surface area contributed by atoms with Gasteiger partial charge in [-0.3, -0.25) is 40.4 Å². The number of urea groups is 2. The van der Waals surface area contributed by atoms with E-state index in [0.29, 0.717) is 12.8 Å². The Kier molecular flexibility index (Phi) is 5.33. The van der Waals surface area contributed by atoms with E-state index >= 15 is 0 Å². The molecule has 2 rings (SSSR count). The summed E-state index contributed by atoms with van der Waals surface area (Å²) in [6.45, 7) is 3.50. The van der Waals surface area contributed by atoms with Crippen molar-refractivity contribution in [1.82, 2.24) is 21.3 Å². The molecule has 4 N–H and O–H groups in total. The SMILES string of the molecule is CCC1(CC)C(=O)NC(=O)NC1=O.O=C1CC(=O)NC(=O)N1. The van der Waals surface area contributed by atoms with Gasteiger partial charge >= 0.3 is 12.1 Å². The third kappa shape index (κ3) is 3.65. The smallest absolute Gasteiger partial charge is 0.277 e. The zero-order chi connectivity index (χ0) is 16.9. The molecule has 0 spiro atoms. The van der Waals surface area contributed by atoms with E-state index in [0.717, 1.165) is 0 Å². The second kappa shape index (κ2) is 6.78. The summed E-state index contributed by atoms with van der Waals surface area (Å²) in [7, 11) is 0. The average molecular weight is 312 g/mol. The van der Waals surface area contributed by atoms with Gasteiger partial charge in [0.1, 0.15) is 11.8 Å². The maximum absolute atomic E-state index is 11.4. The predicted molar refractivity (Wildman–Crippen MR) is 71.0 cm³/mol. The summed E-state index contributed by atoms with van der Waals surface area (Å²) in [4.78, 5) is 64.4. The molecule has 0 aromatic rings. The van der Waals surface area contributed by atoms with Crippen molar-refractivity contribution >= 4 is 35.7 Å². The summed E-state index contributed by atoms with van der Waals surface area (Å²) < 4.78 is 0. The van der Waals surface area contributed by atoms with Crippen LogP contribution in [0.1, 0.15) is 33.1 Å². The number of carbonyl (C=O) groups is 6. The van der Waals surface area contributed by atoms with Crippen LogP contribution >= 0.6 is 0 Å². The Morgan fingerprint density at radius 3 is 1.41 bits per heavy atom. The molecule has 22 heavy (non-hydrogen) atoms. The number of barbiturate groups is 2. The Bertz CT molecular complexity index is 485. The van der Waals surface area contributed by atoms with E-state index < -0.39 is 41.1 Å². The zero-order valence-electron chi connectivity index (χ0n) is 12.1. The minimum atomic E-state index is -1.06. The van der Waals surface area contributed by atoms with Crippen LogP contribution in [0, 0.1) is 5.41 Å². The first kappa shape index (κ1) is 17.3. The van der Waals surface area contributed by atoms with E-state index in [4.69, 9.17) is 0 Å². The molecular formula is C12H16N4O6. The monoisotopic (exact) mass is 312 g/mol. The Morgan fingerprint density at radius 2 is 1.09 bits per heavy atom. The van der Waals surface area contributed by atoms with Crippen LogP contribution in [0.4, 0.5) is 9.59 Å². The molecule has 2 fully saturated rings. The maximum atomic E-state index is 11.4. The van der Waals surface area contributed by atoms with E-state index in [9.17, 15) is 28.8 Å². The van der Waals surface area contributed by atoms with Crippen molar-refractivity contribution in [3.8, 4) is 0 Å². The second-order valence-corrected chi connectivity index (χ2v) is 4.63. The largest absolute Gasteiger partial charge is 0.328 e. The van der Waals surface area contributed by atoms with Crippen molar-refractivity contribution in [2.45, 2.75) is 33.1 Å². The van der Waals surface area contributed by atoms with Crippen molar-refractivity contribution in [2.24, 2.45) is 5.41 Å². The van der Waals surface area contributed by atoms with Crippen LogP contribution in [0.5, 0.6) is 0 Å². The number of nitrogens with one attached hydrogen (secondary N) is 4. The van der Waals surface area contributed by atoms with Crippen molar-refractivity contribution in [3.63, 3.8) is 0 Å². The van der Waals surface area contributed by atoms with Crippen LogP contribution in [-0.2, 0) is 19.2 Å². The lowest BCUT2D eigenvalue weighted by Crippen LogP contribution is -2.61. The fourth-order valence-electron chi connectivity index (χ4n) is 1.99. The first-order valence-corrected chi connectivity index (χ1v) is 6.55. The van der Waals surface area contributed by atoms with Gasteiger partial charge in [0, 0.05) is 0 Å². The Balaban J connectivity index is 0.000000235. The highest BCUT2D eigenvalue weighted by Crippen LogP contribution is 2.28. The van der Waals surface area contributed by atoms with Crippen molar-refractivity contribution < 1.29 is 28.8 Å². The predicted octanol–water partition coefficient (Wildman–Crippen LogP) is -1.10. The number of rotatable bonds is 2. The van der Waals surface area contributed by atoms with Gasteiger partial charge in [-0.25, -0.2) is 9.59 Å². The van der Waals surface area contributed by atoms with E-state index in [1.165, 1.54) is 0 Å². The maximum Gasteiger partial charge on any atom is 0.328 e. The summed E-state index contributed by atoms with van der Waals surface area (Å²) in [6, 6.07) is -1.47. The Morgan fingerprint density at radius 1 is 0.727 bits per heavy atom. The Hall–Kier alpha value is -2.78. The molecule has 0 bridgehead atoms. The fraction of sp³-hybridized carbons (Fsp3) is 0.500. The molecule has 2 aliphatic rings. The van der Waals surface area contributed by atoms with Gasteiger partial charge in [0.25, 0.3) is 0 Å². The minimum absolute atomic E-state index is 0.258. The molecule has 0 unspecified atom stereocenters. The van der Waals surface area contributed by atoms with Crippen LogP contribution in [0.3, 0.4) is 0 Å². The van der Waals surface area contributed by atoms with Gasteiger partial charge in [0.15, 0.2) is 0 Å². The summed E-state index contributed by atoms with van der Waals surface area (Å²) in [6.07, 6.45) is 0.536. The van der Waals surface area contributed by atoms with E-state index in [-0.39, 0.29) is 6.42 Å². The van der Waals surface area contributed by atoms with Gasteiger partial charge in [0.2, 0.25) is 23.6 Å². The number of hydrogen-bond donors (Lipinski definition) is 4. The molecule has 2 heterocycles. The van der Waals surface area contributed by atoms with Crippen molar-refractivity contribution in [1.29, 1.82) is 0 Å². The highest BCUT2D eigenvalue weighted by molar-refractivity contribution is 6.19. The van der Waals surface area contributed by atoms with Crippen LogP contribution in [-0.4, -0.2) is 35.7 Å². The third-order valence-corrected chi connectivity index (χ3v) is 3.36. The quantitative estimate of drug-likeness (QED) is 0.475. The lowest BCUT2D eigenvalue weighted by Gasteiger charge is -2.31. The van der Waals surface area contributed by atoms with Crippen LogP contribution in [0.25, 0.3) is 0 Å². The first-order chi connectivity index (χ1) is 10.2. The number of amides is 8. The van der Waals surface area contributed by atoms with Crippen molar-refractivity contribution in [2.75, 3.05) is 0 Å². The molecule has 0 aromatic carbocycles. The van der Waals surface area contributed by atoms with Gasteiger partial charge in [-0.1, -0.05) is 13.8 Å². The molecule has 2 aliphatic heterocycles. The topological polar surface area (TPSA) is 151 Å². The molecular weight excluding hydrogens is 296 g/mol. The molecule has 10 heteroatoms. The molecule has 8 amide bonds. The first-order valence-electron chi connectivity index (χ1n) is 6.55. The zero-order valence-corrected chi connectivity index (χ0v) is 12.1. The minimum Gasteiger partial charge on any atom is -0.277 e. The second-order valence-electron chi connectivity index (χ2n) is 4.63. The van der Waals surface area contributed by atoms with E-state index in [1.807, 2.05) is 10.6 Å². The molecule has 0 atom stereocenters. The van der Waals surface area contributed by atoms with Gasteiger partial charge in [0.05, 0.1) is 0 Å². The summed E-state index contributed by atoms with van der Waals surface area (Å²) in [5.41, 5.74) is -1.06. The average Bonchev–Trinajstić information content (AvgIpc) is 2.38. The molecule has 0 aliphatic carbocycles. The van der Waals surface area contributed by atoms with Gasteiger partial charge in [-0.2, -0.15) is 0 Å². The molecule has 2 saturated heterocycles. The normalized spacial score (nSPS) is 20.1. The van der Waals surface area contributed by atoms with E-state index in [1.54, 1.807) is 13.8 Å². The Labute approximate surface area is 125 Å². The fourth-order valence-corrected chi connectivity index (χ4v) is 1.99. The summed E-state index contributed by atoms with van der Waals surface area (Å²) in [5, 5.41) is 7.98. The van der Waals surface area contributed by atoms with Crippen LogP contribution in [0.15, 0.2) is 0 Å². The molecule has 120 valence electrons. The van der Waals surface area contributed by atoms with Crippen LogP contribution < -0.4 is 21.3 Å². The lowest BCUT2D eigenvalue weighted by atomic mass is 9.79.